The molecule has 0 unspecified atom stereocenters. The third-order valence-corrected chi connectivity index (χ3v) is 2.27. The molecule has 0 atom stereocenters. The third kappa shape index (κ3) is 3.42. The van der Waals surface area contributed by atoms with Crippen LogP contribution in [0.2, 0.25) is 0 Å². The van der Waals surface area contributed by atoms with Crippen molar-refractivity contribution >= 4 is 11.8 Å². The van der Waals surface area contributed by atoms with E-state index in [1.807, 2.05) is 14.1 Å². The Morgan fingerprint density at radius 3 is 2.59 bits per heavy atom. The molecule has 0 radical (unpaired) electrons. The molecule has 0 aromatic carbocycles. The van der Waals surface area contributed by atoms with Gasteiger partial charge in [-0.2, -0.15) is 0 Å². The third-order valence-electron chi connectivity index (χ3n) is 2.27. The Bertz CT molecular complexity index is 421. The van der Waals surface area contributed by atoms with Crippen LogP contribution in [-0.4, -0.2) is 48.9 Å². The van der Waals surface area contributed by atoms with Gasteiger partial charge in [-0.05, 0) is 34.0 Å². The molecule has 0 aliphatic rings. The number of ketones is 1. The molecule has 0 saturated heterocycles. The van der Waals surface area contributed by atoms with Crippen molar-refractivity contribution in [1.29, 1.82) is 0 Å². The van der Waals surface area contributed by atoms with E-state index in [1.54, 1.807) is 24.8 Å². The largest absolute Gasteiger partial charge is 0.462 e. The molecule has 1 N–H and O–H groups in total. The molecule has 0 aliphatic carbocycles. The fourth-order valence-electron chi connectivity index (χ4n) is 1.50. The summed E-state index contributed by atoms with van der Waals surface area (Å²) < 4.78 is 4.90. The van der Waals surface area contributed by atoms with E-state index in [-0.39, 0.29) is 5.78 Å². The summed E-state index contributed by atoms with van der Waals surface area (Å²) in [6, 6.07) is 1.55. The number of Topliss-reactive ketones (excluding diaryl/α,β-unsaturated/α-hetero) is 1. The van der Waals surface area contributed by atoms with Crippen LogP contribution in [0.5, 0.6) is 0 Å². The minimum absolute atomic E-state index is 0.0475. The zero-order chi connectivity index (χ0) is 13.0. The Balaban J connectivity index is 2.88. The van der Waals surface area contributed by atoms with E-state index in [2.05, 4.69) is 4.98 Å². The number of aryl methyl sites for hydroxylation is 1. The van der Waals surface area contributed by atoms with Crippen LogP contribution in [0.4, 0.5) is 0 Å². The number of nitrogens with one attached hydrogen (secondary N) is 1. The van der Waals surface area contributed by atoms with Crippen molar-refractivity contribution in [3.05, 3.63) is 23.0 Å². The zero-order valence-corrected chi connectivity index (χ0v) is 10.7. The number of nitrogens with zero attached hydrogens (tertiary/aromatic N) is 1. The van der Waals surface area contributed by atoms with Crippen LogP contribution >= 0.6 is 0 Å². The van der Waals surface area contributed by atoms with Crippen LogP contribution in [0.25, 0.3) is 0 Å². The smallest absolute Gasteiger partial charge is 0.339 e. The molecule has 0 aliphatic heterocycles. The molecule has 1 aromatic rings. The maximum Gasteiger partial charge on any atom is 0.339 e. The lowest BCUT2D eigenvalue weighted by Gasteiger charge is -2.06. The molecule has 17 heavy (non-hydrogen) atoms. The molecule has 0 bridgehead atoms. The Hall–Kier alpha value is -1.62. The minimum atomic E-state index is -0.398. The van der Waals surface area contributed by atoms with Crippen LogP contribution in [0.15, 0.2) is 6.07 Å². The number of carbonyl (C=O) groups is 2. The van der Waals surface area contributed by atoms with Gasteiger partial charge in [0, 0.05) is 5.69 Å². The molecule has 0 spiro atoms. The number of hydrogen-bond acceptors (Lipinski definition) is 4. The number of likely N-dealkylation sites (N-methyl/N-ethyl adjacent to an activating group) is 1. The molecule has 0 amide bonds. The number of esters is 1. The van der Waals surface area contributed by atoms with Crippen LogP contribution in [0.3, 0.4) is 0 Å². The van der Waals surface area contributed by atoms with E-state index in [0.717, 1.165) is 0 Å². The predicted molar refractivity (Wildman–Crippen MR) is 64.4 cm³/mol. The fraction of sp³-hybridized carbons (Fsp3) is 0.500. The van der Waals surface area contributed by atoms with Gasteiger partial charge in [-0.25, -0.2) is 4.79 Å². The first kappa shape index (κ1) is 13.4. The lowest BCUT2D eigenvalue weighted by Crippen LogP contribution is -2.21. The van der Waals surface area contributed by atoms with E-state index < -0.39 is 5.97 Å². The van der Waals surface area contributed by atoms with Crippen molar-refractivity contribution in [3.8, 4) is 0 Å². The number of H-pyrrole nitrogens is 1. The molecule has 94 valence electrons. The second kappa shape index (κ2) is 5.63. The highest BCUT2D eigenvalue weighted by atomic mass is 16.5. The van der Waals surface area contributed by atoms with Crippen molar-refractivity contribution < 1.29 is 14.3 Å². The molecule has 0 saturated carbocycles. The Kier molecular flexibility index (Phi) is 4.45. The van der Waals surface area contributed by atoms with Gasteiger partial charge in [0.25, 0.3) is 0 Å². The van der Waals surface area contributed by atoms with Gasteiger partial charge in [-0.1, -0.05) is 0 Å². The summed E-state index contributed by atoms with van der Waals surface area (Å²) in [4.78, 5) is 28.0. The first-order chi connectivity index (χ1) is 7.95. The number of aromatic amines is 1. The van der Waals surface area contributed by atoms with E-state index in [4.69, 9.17) is 4.74 Å². The van der Waals surface area contributed by atoms with E-state index >= 15 is 0 Å². The van der Waals surface area contributed by atoms with Crippen molar-refractivity contribution in [2.24, 2.45) is 0 Å². The van der Waals surface area contributed by atoms with Gasteiger partial charge in [0.15, 0.2) is 5.78 Å². The summed E-state index contributed by atoms with van der Waals surface area (Å²) in [6.07, 6.45) is 0. The number of aromatic nitrogens is 1. The highest BCUT2D eigenvalue weighted by Gasteiger charge is 2.17. The van der Waals surface area contributed by atoms with Crippen LogP contribution in [-0.2, 0) is 4.74 Å². The monoisotopic (exact) mass is 238 g/mol. The van der Waals surface area contributed by atoms with Gasteiger partial charge in [0.2, 0.25) is 0 Å². The van der Waals surface area contributed by atoms with Gasteiger partial charge in [0.05, 0.1) is 24.4 Å². The first-order valence-corrected chi connectivity index (χ1v) is 5.50. The average molecular weight is 238 g/mol. The zero-order valence-electron chi connectivity index (χ0n) is 10.7. The van der Waals surface area contributed by atoms with Gasteiger partial charge in [0.1, 0.15) is 0 Å². The molecule has 1 rings (SSSR count). The summed E-state index contributed by atoms with van der Waals surface area (Å²) in [5.74, 6) is -0.446. The van der Waals surface area contributed by atoms with Crippen molar-refractivity contribution in [2.75, 3.05) is 27.2 Å². The number of rotatable bonds is 5. The summed E-state index contributed by atoms with van der Waals surface area (Å²) in [7, 11) is 3.64. The molecule has 1 aromatic heterocycles. The number of hydrogen-bond donors (Lipinski definition) is 1. The minimum Gasteiger partial charge on any atom is -0.462 e. The molecule has 5 heteroatoms. The maximum absolute atomic E-state index is 11.8. The van der Waals surface area contributed by atoms with Gasteiger partial charge < -0.3 is 14.6 Å². The summed E-state index contributed by atoms with van der Waals surface area (Å²) in [5, 5.41) is 0. The van der Waals surface area contributed by atoms with Gasteiger partial charge >= 0.3 is 5.97 Å². The Labute approximate surface area is 101 Å². The van der Waals surface area contributed by atoms with Crippen molar-refractivity contribution in [1.82, 2.24) is 9.88 Å². The van der Waals surface area contributed by atoms with Gasteiger partial charge in [-0.15, -0.1) is 0 Å². The Morgan fingerprint density at radius 1 is 1.41 bits per heavy atom. The van der Waals surface area contributed by atoms with E-state index in [0.29, 0.717) is 30.1 Å². The van der Waals surface area contributed by atoms with Crippen LogP contribution in [0.1, 0.15) is 33.5 Å². The molecular weight excluding hydrogens is 220 g/mol. The van der Waals surface area contributed by atoms with Crippen molar-refractivity contribution in [3.63, 3.8) is 0 Å². The van der Waals surface area contributed by atoms with Gasteiger partial charge in [-0.3, -0.25) is 4.79 Å². The molecular formula is C12H18N2O3. The SMILES string of the molecule is CCOC(=O)c1cc(C(=O)CN(C)C)[nH]c1C. The summed E-state index contributed by atoms with van der Waals surface area (Å²) in [5.41, 5.74) is 1.53. The lowest BCUT2D eigenvalue weighted by molar-refractivity contribution is 0.0525. The summed E-state index contributed by atoms with van der Waals surface area (Å²) >= 11 is 0. The molecule has 5 nitrogen and oxygen atoms in total. The lowest BCUT2D eigenvalue weighted by atomic mass is 10.2. The first-order valence-electron chi connectivity index (χ1n) is 5.50. The second-order valence-electron chi connectivity index (χ2n) is 4.10. The van der Waals surface area contributed by atoms with Crippen molar-refractivity contribution in [2.45, 2.75) is 13.8 Å². The average Bonchev–Trinajstić information content (AvgIpc) is 2.60. The highest BCUT2D eigenvalue weighted by molar-refractivity contribution is 6.00. The normalized spacial score (nSPS) is 10.6. The fourth-order valence-corrected chi connectivity index (χ4v) is 1.50. The van der Waals surface area contributed by atoms with Crippen LogP contribution in [0, 0.1) is 6.92 Å². The van der Waals surface area contributed by atoms with Crippen LogP contribution < -0.4 is 0 Å². The van der Waals surface area contributed by atoms with E-state index in [1.165, 1.54) is 0 Å². The van der Waals surface area contributed by atoms with E-state index in [9.17, 15) is 9.59 Å². The second-order valence-corrected chi connectivity index (χ2v) is 4.10. The molecule has 0 fully saturated rings. The predicted octanol–water partition coefficient (Wildman–Crippen LogP) is 1.24. The Morgan fingerprint density at radius 2 is 2.06 bits per heavy atom. The maximum atomic E-state index is 11.8. The number of carbonyl (C=O) groups excluding carboxylic acids is 2. The molecule has 1 heterocycles. The standard InChI is InChI=1S/C12H18N2O3/c1-5-17-12(16)9-6-10(13-8(9)2)11(15)7-14(3)4/h6,13H,5,7H2,1-4H3. The summed E-state index contributed by atoms with van der Waals surface area (Å²) in [6.45, 7) is 4.13. The topological polar surface area (TPSA) is 62.4 Å². The highest BCUT2D eigenvalue weighted by Crippen LogP contribution is 2.12. The quantitative estimate of drug-likeness (QED) is 0.619. The number of ether oxygens (including phenoxy) is 1.